The van der Waals surface area contributed by atoms with Gasteiger partial charge in [-0.15, -0.1) is 4.28 Å². The number of carbonyl (C=O) groups is 3. The van der Waals surface area contributed by atoms with Gasteiger partial charge in [0.15, 0.2) is 0 Å². The van der Waals surface area contributed by atoms with Crippen molar-refractivity contribution in [2.45, 2.75) is 24.9 Å². The number of fused-ring (bicyclic) bond motifs is 2. The van der Waals surface area contributed by atoms with E-state index in [-0.39, 0.29) is 19.4 Å². The number of nitrogens with one attached hydrogen (secondary N) is 3. The molecule has 3 heterocycles. The molecule has 1 aromatic carbocycles. The first-order valence-corrected chi connectivity index (χ1v) is 11.1. The fraction of sp³-hybridized carbons (Fsp3) is 0.263. The molecule has 2 bridgehead atoms. The van der Waals surface area contributed by atoms with Crippen LogP contribution in [-0.4, -0.2) is 64.5 Å². The van der Waals surface area contributed by atoms with Gasteiger partial charge in [0.25, 0.3) is 5.91 Å². The highest BCUT2D eigenvalue weighted by molar-refractivity contribution is 7.80. The summed E-state index contributed by atoms with van der Waals surface area (Å²) in [6.45, 7) is 0.0582. The Labute approximate surface area is 189 Å². The van der Waals surface area contributed by atoms with Gasteiger partial charge < -0.3 is 10.2 Å². The van der Waals surface area contributed by atoms with Crippen LogP contribution >= 0.6 is 0 Å². The average molecular weight is 478 g/mol. The van der Waals surface area contributed by atoms with Crippen LogP contribution in [0.25, 0.3) is 0 Å². The molecule has 0 spiro atoms. The summed E-state index contributed by atoms with van der Waals surface area (Å²) < 4.78 is 34.7. The third kappa shape index (κ3) is 6.86. The molecule has 2 fully saturated rings. The van der Waals surface area contributed by atoms with Crippen LogP contribution in [0.4, 0.5) is 15.3 Å². The summed E-state index contributed by atoms with van der Waals surface area (Å²) in [5, 5.41) is 3.05. The highest BCUT2D eigenvalue weighted by atomic mass is 32.3. The van der Waals surface area contributed by atoms with Crippen molar-refractivity contribution in [2.75, 3.05) is 11.9 Å². The maximum atomic E-state index is 12.3. The number of piperidine rings is 1. The Morgan fingerprint density at radius 2 is 1.70 bits per heavy atom. The lowest BCUT2D eigenvalue weighted by Crippen LogP contribution is -2.54. The summed E-state index contributed by atoms with van der Waals surface area (Å²) in [6.07, 6.45) is 4.02. The number of nitrogens with zero attached hydrogens (tertiary/aromatic N) is 3. The van der Waals surface area contributed by atoms with Gasteiger partial charge in [-0.05, 0) is 37.1 Å². The SMILES string of the molecule is O=C(NNC(=O)C1CCC2CN1C(=O)N2OS(=O)(=O)O)Nc1ccccc1.c1ccncc1. The summed E-state index contributed by atoms with van der Waals surface area (Å²) in [5.74, 6) is -0.640. The number of hydrogen-bond acceptors (Lipinski definition) is 7. The number of rotatable bonds is 4. The Morgan fingerprint density at radius 1 is 1.03 bits per heavy atom. The van der Waals surface area contributed by atoms with E-state index in [1.165, 1.54) is 0 Å². The summed E-state index contributed by atoms with van der Waals surface area (Å²) in [6, 6.07) is 11.2. The van der Waals surface area contributed by atoms with Crippen molar-refractivity contribution in [3.8, 4) is 0 Å². The lowest BCUT2D eigenvalue weighted by molar-refractivity contribution is -0.126. The molecule has 176 valence electrons. The number of urea groups is 2. The molecule has 2 aliphatic heterocycles. The standard InChI is InChI=1S/C14H17N5O7S.C5H5N/c20-12(16-17-13(21)15-9-4-2-1-3-5-9)11-7-6-10-8-18(11)14(22)19(10)26-27(23,24)25;1-2-4-6-5-3-1/h1-5,10-11H,6-8H2,(H,16,20)(H2,15,17,21)(H,23,24,25);1-5H. The molecule has 0 radical (unpaired) electrons. The summed E-state index contributed by atoms with van der Waals surface area (Å²) in [7, 11) is -4.86. The normalized spacial score (nSPS) is 19.2. The number of benzene rings is 1. The van der Waals surface area contributed by atoms with Crippen molar-refractivity contribution in [1.82, 2.24) is 25.8 Å². The van der Waals surface area contributed by atoms with Crippen molar-refractivity contribution in [2.24, 2.45) is 0 Å². The smallest absolute Gasteiger partial charge is 0.309 e. The minimum atomic E-state index is -4.86. The maximum Gasteiger partial charge on any atom is 0.418 e. The number of hydrazine groups is 1. The number of para-hydroxylation sites is 1. The number of anilines is 1. The van der Waals surface area contributed by atoms with E-state index in [1.54, 1.807) is 42.7 Å². The van der Waals surface area contributed by atoms with Crippen LogP contribution in [0.3, 0.4) is 0 Å². The minimum absolute atomic E-state index is 0.0582. The zero-order valence-corrected chi connectivity index (χ0v) is 18.0. The first-order valence-electron chi connectivity index (χ1n) is 9.78. The van der Waals surface area contributed by atoms with Crippen molar-refractivity contribution in [3.63, 3.8) is 0 Å². The highest BCUT2D eigenvalue weighted by Gasteiger charge is 2.49. The van der Waals surface area contributed by atoms with Crippen LogP contribution in [0.1, 0.15) is 12.8 Å². The first-order chi connectivity index (χ1) is 15.7. The highest BCUT2D eigenvalue weighted by Crippen LogP contribution is 2.30. The zero-order valence-electron chi connectivity index (χ0n) is 17.2. The Balaban J connectivity index is 0.000000442. The lowest BCUT2D eigenvalue weighted by Gasteiger charge is -2.29. The van der Waals surface area contributed by atoms with E-state index in [9.17, 15) is 22.8 Å². The Kier molecular flexibility index (Phi) is 7.76. The van der Waals surface area contributed by atoms with Crippen molar-refractivity contribution in [1.29, 1.82) is 0 Å². The zero-order chi connectivity index (χ0) is 23.8. The molecule has 0 saturated carbocycles. The van der Waals surface area contributed by atoms with E-state index in [0.717, 1.165) is 4.90 Å². The molecule has 2 aliphatic rings. The molecular weight excluding hydrogens is 456 g/mol. The number of carbonyl (C=O) groups excluding carboxylic acids is 3. The second-order valence-corrected chi connectivity index (χ2v) is 7.97. The van der Waals surface area contributed by atoms with E-state index in [4.69, 9.17) is 4.55 Å². The van der Waals surface area contributed by atoms with Crippen LogP contribution < -0.4 is 16.2 Å². The van der Waals surface area contributed by atoms with Crippen molar-refractivity contribution < 1.29 is 31.6 Å². The number of pyridine rings is 1. The Bertz CT molecular complexity index is 1040. The molecule has 2 saturated heterocycles. The van der Waals surface area contributed by atoms with E-state index >= 15 is 0 Å². The van der Waals surface area contributed by atoms with Gasteiger partial charge in [0.05, 0.1) is 6.04 Å². The van der Waals surface area contributed by atoms with Crippen LogP contribution in [0.2, 0.25) is 0 Å². The van der Waals surface area contributed by atoms with Gasteiger partial charge >= 0.3 is 22.5 Å². The fourth-order valence-electron chi connectivity index (χ4n) is 3.30. The lowest BCUT2D eigenvalue weighted by atomic mass is 10.0. The predicted molar refractivity (Wildman–Crippen MR) is 114 cm³/mol. The van der Waals surface area contributed by atoms with E-state index < -0.39 is 40.5 Å². The maximum absolute atomic E-state index is 12.3. The summed E-state index contributed by atoms with van der Waals surface area (Å²) >= 11 is 0. The quantitative estimate of drug-likeness (QED) is 0.371. The van der Waals surface area contributed by atoms with E-state index in [0.29, 0.717) is 10.8 Å². The van der Waals surface area contributed by atoms with Crippen LogP contribution in [0, 0.1) is 0 Å². The van der Waals surface area contributed by atoms with Gasteiger partial charge in [0.2, 0.25) is 0 Å². The van der Waals surface area contributed by atoms with E-state index in [2.05, 4.69) is 25.4 Å². The molecule has 5 amide bonds. The third-order valence-corrected chi connectivity index (χ3v) is 5.05. The molecule has 0 aliphatic carbocycles. The number of amides is 5. The second-order valence-electron chi connectivity index (χ2n) is 6.97. The monoisotopic (exact) mass is 478 g/mol. The number of aromatic nitrogens is 1. The molecule has 33 heavy (non-hydrogen) atoms. The van der Waals surface area contributed by atoms with Crippen molar-refractivity contribution in [3.05, 3.63) is 60.9 Å². The molecule has 14 heteroatoms. The van der Waals surface area contributed by atoms with Crippen LogP contribution in [-0.2, 0) is 19.5 Å². The van der Waals surface area contributed by atoms with Gasteiger partial charge in [-0.3, -0.25) is 19.8 Å². The Hall–Kier alpha value is -3.75. The van der Waals surface area contributed by atoms with Gasteiger partial charge in [0.1, 0.15) is 6.04 Å². The van der Waals surface area contributed by atoms with Gasteiger partial charge in [-0.2, -0.15) is 13.5 Å². The third-order valence-electron chi connectivity index (χ3n) is 4.70. The number of hydrogen-bond donors (Lipinski definition) is 4. The molecule has 1 aromatic heterocycles. The molecule has 4 N–H and O–H groups in total. The fourth-order valence-corrected chi connectivity index (χ4v) is 3.69. The predicted octanol–water partition coefficient (Wildman–Crippen LogP) is 0.924. The summed E-state index contributed by atoms with van der Waals surface area (Å²) in [5.41, 5.74) is 4.92. The van der Waals surface area contributed by atoms with Gasteiger partial charge in [0, 0.05) is 24.6 Å². The number of hydroxylamine groups is 2. The summed E-state index contributed by atoms with van der Waals surface area (Å²) in [4.78, 5) is 41.2. The Morgan fingerprint density at radius 3 is 2.27 bits per heavy atom. The van der Waals surface area contributed by atoms with Gasteiger partial charge in [-0.1, -0.05) is 24.3 Å². The molecule has 2 unspecified atom stereocenters. The minimum Gasteiger partial charge on any atom is -0.309 e. The van der Waals surface area contributed by atoms with Crippen LogP contribution in [0.15, 0.2) is 60.9 Å². The second kappa shape index (κ2) is 10.7. The molecular formula is C19H22N6O7S. The van der Waals surface area contributed by atoms with Crippen molar-refractivity contribution >= 4 is 34.1 Å². The molecule has 4 rings (SSSR count). The largest absolute Gasteiger partial charge is 0.418 e. The van der Waals surface area contributed by atoms with E-state index in [1.807, 2.05) is 18.2 Å². The van der Waals surface area contributed by atoms with Gasteiger partial charge in [-0.25, -0.2) is 15.0 Å². The topological polar surface area (TPSA) is 170 Å². The van der Waals surface area contributed by atoms with Crippen LogP contribution in [0.5, 0.6) is 0 Å². The average Bonchev–Trinajstić information content (AvgIpc) is 3.03. The molecule has 13 nitrogen and oxygen atoms in total. The first kappa shape index (κ1) is 23.9. The molecule has 2 aromatic rings. The molecule has 2 atom stereocenters.